The monoisotopic (exact) mass is 300 g/mol. The van der Waals surface area contributed by atoms with Crippen molar-refractivity contribution in [3.8, 4) is 0 Å². The third-order valence-corrected chi connectivity index (χ3v) is 3.73. The van der Waals surface area contributed by atoms with Gasteiger partial charge in [-0.05, 0) is 6.07 Å². The standard InChI is InChI=1S/C15H9BrO2/c16-12-8-4-3-7-11(12)13-14(17)9-5-1-2-6-10(9)15(13)18/h1-8,17H. The second-order valence-corrected chi connectivity index (χ2v) is 4.93. The molecular formula is C15H9BrO2. The fourth-order valence-corrected chi connectivity index (χ4v) is 2.66. The molecule has 88 valence electrons. The maximum atomic E-state index is 12.3. The number of fused-ring (bicyclic) bond motifs is 1. The predicted octanol–water partition coefficient (Wildman–Crippen LogP) is 4.07. The maximum absolute atomic E-state index is 12.3. The summed E-state index contributed by atoms with van der Waals surface area (Å²) in [4.78, 5) is 12.3. The second-order valence-electron chi connectivity index (χ2n) is 4.08. The number of aliphatic hydroxyl groups excluding tert-OH is 1. The Morgan fingerprint density at radius 2 is 1.39 bits per heavy atom. The third-order valence-electron chi connectivity index (χ3n) is 3.03. The first-order chi connectivity index (χ1) is 8.70. The van der Waals surface area contributed by atoms with Crippen LogP contribution in [0.4, 0.5) is 0 Å². The Bertz CT molecular complexity index is 686. The zero-order chi connectivity index (χ0) is 12.7. The number of benzene rings is 2. The quantitative estimate of drug-likeness (QED) is 0.862. The Labute approximate surface area is 113 Å². The van der Waals surface area contributed by atoms with Crippen LogP contribution in [0.3, 0.4) is 0 Å². The van der Waals surface area contributed by atoms with Crippen LogP contribution in [0.1, 0.15) is 21.5 Å². The molecule has 0 fully saturated rings. The van der Waals surface area contributed by atoms with E-state index in [-0.39, 0.29) is 11.5 Å². The first-order valence-corrected chi connectivity index (χ1v) is 6.31. The van der Waals surface area contributed by atoms with E-state index < -0.39 is 0 Å². The Kier molecular flexibility index (Phi) is 2.56. The summed E-state index contributed by atoms with van der Waals surface area (Å²) in [6, 6.07) is 14.5. The number of aliphatic hydroxyl groups is 1. The molecule has 0 heterocycles. The van der Waals surface area contributed by atoms with Crippen LogP contribution >= 0.6 is 15.9 Å². The number of carbonyl (C=O) groups excluding carboxylic acids is 1. The van der Waals surface area contributed by atoms with Gasteiger partial charge >= 0.3 is 0 Å². The highest BCUT2D eigenvalue weighted by Crippen LogP contribution is 2.38. The molecule has 2 nitrogen and oxygen atoms in total. The number of hydrogen-bond donors (Lipinski definition) is 1. The molecule has 0 radical (unpaired) electrons. The molecule has 0 aromatic heterocycles. The molecule has 0 spiro atoms. The number of halogens is 1. The van der Waals surface area contributed by atoms with Crippen molar-refractivity contribution in [1.82, 2.24) is 0 Å². The van der Waals surface area contributed by atoms with Crippen LogP contribution in [0.25, 0.3) is 11.3 Å². The highest BCUT2D eigenvalue weighted by molar-refractivity contribution is 9.10. The number of Topliss-reactive ketones (excluding diaryl/α,β-unsaturated/α-hetero) is 1. The van der Waals surface area contributed by atoms with Gasteiger partial charge in [0.05, 0.1) is 5.57 Å². The third kappa shape index (κ3) is 1.51. The van der Waals surface area contributed by atoms with Gasteiger partial charge in [-0.1, -0.05) is 58.4 Å². The largest absolute Gasteiger partial charge is 0.507 e. The van der Waals surface area contributed by atoms with Crippen molar-refractivity contribution in [2.75, 3.05) is 0 Å². The predicted molar refractivity (Wildman–Crippen MR) is 74.4 cm³/mol. The van der Waals surface area contributed by atoms with Gasteiger partial charge in [-0.25, -0.2) is 0 Å². The van der Waals surface area contributed by atoms with E-state index in [9.17, 15) is 9.90 Å². The first-order valence-electron chi connectivity index (χ1n) is 5.52. The van der Waals surface area contributed by atoms with Gasteiger partial charge in [0.1, 0.15) is 5.76 Å². The van der Waals surface area contributed by atoms with Gasteiger partial charge in [-0.2, -0.15) is 0 Å². The molecule has 0 saturated heterocycles. The van der Waals surface area contributed by atoms with Crippen molar-refractivity contribution in [2.24, 2.45) is 0 Å². The summed E-state index contributed by atoms with van der Waals surface area (Å²) in [6.45, 7) is 0. The minimum atomic E-state index is -0.130. The zero-order valence-electron chi connectivity index (χ0n) is 9.35. The van der Waals surface area contributed by atoms with Crippen LogP contribution in [0.2, 0.25) is 0 Å². The summed E-state index contributed by atoms with van der Waals surface area (Å²) in [5.74, 6) is -0.0718. The SMILES string of the molecule is O=C1C(c2ccccc2Br)=C(O)c2ccccc21. The molecule has 3 rings (SSSR count). The van der Waals surface area contributed by atoms with Crippen LogP contribution in [0.15, 0.2) is 53.0 Å². The van der Waals surface area contributed by atoms with Crippen molar-refractivity contribution < 1.29 is 9.90 Å². The Hall–Kier alpha value is -1.87. The van der Waals surface area contributed by atoms with Gasteiger partial charge in [0.15, 0.2) is 5.78 Å². The zero-order valence-corrected chi connectivity index (χ0v) is 10.9. The molecule has 3 heteroatoms. The van der Waals surface area contributed by atoms with Crippen molar-refractivity contribution in [3.05, 3.63) is 69.7 Å². The Balaban J connectivity index is 2.25. The van der Waals surface area contributed by atoms with Crippen LogP contribution in [-0.2, 0) is 0 Å². The van der Waals surface area contributed by atoms with Crippen LogP contribution in [0, 0.1) is 0 Å². The van der Waals surface area contributed by atoms with Crippen molar-refractivity contribution >= 4 is 33.0 Å². The van der Waals surface area contributed by atoms with E-state index in [1.807, 2.05) is 30.3 Å². The number of carbonyl (C=O) groups is 1. The Morgan fingerprint density at radius 1 is 0.833 bits per heavy atom. The maximum Gasteiger partial charge on any atom is 0.198 e. The van der Waals surface area contributed by atoms with E-state index in [1.54, 1.807) is 18.2 Å². The number of allylic oxidation sites excluding steroid dienone is 1. The van der Waals surface area contributed by atoms with Gasteiger partial charge < -0.3 is 5.11 Å². The summed E-state index contributed by atoms with van der Waals surface area (Å²) in [6.07, 6.45) is 0. The summed E-state index contributed by atoms with van der Waals surface area (Å²) < 4.78 is 0.799. The molecule has 1 aliphatic rings. The summed E-state index contributed by atoms with van der Waals surface area (Å²) >= 11 is 3.41. The van der Waals surface area contributed by atoms with Crippen molar-refractivity contribution in [2.45, 2.75) is 0 Å². The van der Waals surface area contributed by atoms with Gasteiger partial charge in [-0.15, -0.1) is 0 Å². The lowest BCUT2D eigenvalue weighted by Gasteiger charge is -2.04. The average Bonchev–Trinajstić information content (AvgIpc) is 2.64. The van der Waals surface area contributed by atoms with Gasteiger partial charge in [0.25, 0.3) is 0 Å². The summed E-state index contributed by atoms with van der Waals surface area (Å²) in [5, 5.41) is 10.2. The number of ketones is 1. The minimum absolute atomic E-state index is 0.0579. The lowest BCUT2D eigenvalue weighted by molar-refractivity contribution is 0.105. The lowest BCUT2D eigenvalue weighted by Crippen LogP contribution is -1.98. The molecule has 2 aromatic carbocycles. The van der Waals surface area contributed by atoms with E-state index in [1.165, 1.54) is 0 Å². The van der Waals surface area contributed by atoms with Crippen LogP contribution < -0.4 is 0 Å². The molecule has 1 aliphatic carbocycles. The van der Waals surface area contributed by atoms with Crippen molar-refractivity contribution in [1.29, 1.82) is 0 Å². The molecule has 0 unspecified atom stereocenters. The van der Waals surface area contributed by atoms with Gasteiger partial charge in [0.2, 0.25) is 0 Å². The fraction of sp³-hybridized carbons (Fsp3) is 0. The van der Waals surface area contributed by atoms with Gasteiger partial charge in [-0.3, -0.25) is 4.79 Å². The van der Waals surface area contributed by atoms with Crippen LogP contribution in [0.5, 0.6) is 0 Å². The lowest BCUT2D eigenvalue weighted by atomic mass is 10.0. The minimum Gasteiger partial charge on any atom is -0.507 e. The van der Waals surface area contributed by atoms with E-state index in [4.69, 9.17) is 0 Å². The molecule has 1 N–H and O–H groups in total. The molecule has 0 amide bonds. The molecular weight excluding hydrogens is 292 g/mol. The second kappa shape index (κ2) is 4.10. The first kappa shape index (κ1) is 11.2. The Morgan fingerprint density at radius 3 is 2.00 bits per heavy atom. The number of hydrogen-bond acceptors (Lipinski definition) is 2. The summed E-state index contributed by atoms with van der Waals surface area (Å²) in [7, 11) is 0. The van der Waals surface area contributed by atoms with Gasteiger partial charge in [0, 0.05) is 21.2 Å². The van der Waals surface area contributed by atoms with E-state index in [0.717, 1.165) is 10.0 Å². The topological polar surface area (TPSA) is 37.3 Å². The molecule has 0 atom stereocenters. The molecule has 18 heavy (non-hydrogen) atoms. The highest BCUT2D eigenvalue weighted by atomic mass is 79.9. The molecule has 0 saturated carbocycles. The molecule has 0 aliphatic heterocycles. The molecule has 2 aromatic rings. The smallest absolute Gasteiger partial charge is 0.198 e. The van der Waals surface area contributed by atoms with E-state index >= 15 is 0 Å². The average molecular weight is 301 g/mol. The highest BCUT2D eigenvalue weighted by Gasteiger charge is 2.30. The summed E-state index contributed by atoms with van der Waals surface area (Å²) in [5.41, 5.74) is 2.24. The number of rotatable bonds is 1. The molecule has 0 bridgehead atoms. The normalized spacial score (nSPS) is 13.9. The fourth-order valence-electron chi connectivity index (χ4n) is 2.18. The van der Waals surface area contributed by atoms with Crippen LogP contribution in [-0.4, -0.2) is 10.9 Å². The van der Waals surface area contributed by atoms with E-state index in [2.05, 4.69) is 15.9 Å². The van der Waals surface area contributed by atoms with Crippen molar-refractivity contribution in [3.63, 3.8) is 0 Å². The van der Waals surface area contributed by atoms with E-state index in [0.29, 0.717) is 16.7 Å².